The first kappa shape index (κ1) is 13.7. The molecule has 0 unspecified atom stereocenters. The van der Waals surface area contributed by atoms with Crippen LogP contribution < -0.4 is 5.32 Å². The van der Waals surface area contributed by atoms with E-state index >= 15 is 0 Å². The predicted octanol–water partition coefficient (Wildman–Crippen LogP) is 1.05. The van der Waals surface area contributed by atoms with Crippen LogP contribution in [-0.4, -0.2) is 39.9 Å². The normalized spacial score (nSPS) is 10.9. The summed E-state index contributed by atoms with van der Waals surface area (Å²) in [5, 5.41) is 19.9. The first-order valence-corrected chi connectivity index (χ1v) is 6.77. The van der Waals surface area contributed by atoms with Gasteiger partial charge in [0.05, 0.1) is 9.71 Å². The van der Waals surface area contributed by atoms with Gasteiger partial charge in [-0.15, -0.1) is 11.3 Å². The van der Waals surface area contributed by atoms with Gasteiger partial charge in [0.25, 0.3) is 5.91 Å². The van der Waals surface area contributed by atoms with Crippen molar-refractivity contribution >= 4 is 33.8 Å². The van der Waals surface area contributed by atoms with Crippen LogP contribution in [0.2, 0.25) is 0 Å². The number of thiazole rings is 1. The molecule has 2 rings (SSSR count). The molecule has 0 saturated carbocycles. The molecular weight excluding hydrogens is 264 g/mol. The van der Waals surface area contributed by atoms with Gasteiger partial charge in [-0.05, 0) is 13.3 Å². The van der Waals surface area contributed by atoms with Crippen molar-refractivity contribution in [3.05, 3.63) is 16.3 Å². The molecule has 19 heavy (non-hydrogen) atoms. The highest BCUT2D eigenvalue weighted by Crippen LogP contribution is 2.29. The van der Waals surface area contributed by atoms with Gasteiger partial charge in [0.15, 0.2) is 5.65 Å². The van der Waals surface area contributed by atoms with Crippen molar-refractivity contribution in [1.29, 1.82) is 5.41 Å². The van der Waals surface area contributed by atoms with E-state index < -0.39 is 0 Å². The minimum atomic E-state index is -0.239. The van der Waals surface area contributed by atoms with Crippen molar-refractivity contribution < 1.29 is 9.90 Å². The summed E-state index contributed by atoms with van der Waals surface area (Å²) < 4.78 is 2.58. The molecule has 0 spiro atoms. The number of fused-ring (bicyclic) bond motifs is 1. The third kappa shape index (κ3) is 2.39. The molecule has 1 amide bonds. The Balaban J connectivity index is 2.42. The van der Waals surface area contributed by atoms with Gasteiger partial charge in [-0.2, -0.15) is 0 Å². The van der Waals surface area contributed by atoms with Gasteiger partial charge in [0.2, 0.25) is 0 Å². The third-order valence-corrected chi connectivity index (χ3v) is 3.84. The Kier molecular flexibility index (Phi) is 3.96. The highest BCUT2D eigenvalue weighted by Gasteiger charge is 2.22. The fraction of sp³-hybridized carbons (Fsp3) is 0.417. The maximum atomic E-state index is 12.1. The zero-order valence-electron chi connectivity index (χ0n) is 10.9. The number of aliphatic hydroxyl groups is 1. The fourth-order valence-electron chi connectivity index (χ4n) is 1.99. The molecule has 0 saturated heterocycles. The minimum absolute atomic E-state index is 0.0423. The molecule has 0 aliphatic heterocycles. The SMILES string of the molecule is Cc1nc2c(s1)c(C=N)c(C(=O)NCCCO)n2C. The van der Waals surface area contributed by atoms with Gasteiger partial charge in [-0.25, -0.2) is 4.98 Å². The molecule has 0 aliphatic rings. The van der Waals surface area contributed by atoms with Crippen LogP contribution in [0.1, 0.15) is 27.5 Å². The first-order valence-electron chi connectivity index (χ1n) is 5.95. The molecule has 0 atom stereocenters. The Morgan fingerprint density at radius 3 is 3.00 bits per heavy atom. The second kappa shape index (κ2) is 5.50. The topological polar surface area (TPSA) is 91.0 Å². The highest BCUT2D eigenvalue weighted by molar-refractivity contribution is 7.18. The Labute approximate surface area is 114 Å². The van der Waals surface area contributed by atoms with Crippen molar-refractivity contribution in [3.8, 4) is 0 Å². The van der Waals surface area contributed by atoms with E-state index in [1.54, 1.807) is 11.6 Å². The molecule has 0 radical (unpaired) electrons. The summed E-state index contributed by atoms with van der Waals surface area (Å²) in [5.74, 6) is -0.239. The van der Waals surface area contributed by atoms with Crippen LogP contribution in [0.5, 0.6) is 0 Å². The van der Waals surface area contributed by atoms with Crippen molar-refractivity contribution in [1.82, 2.24) is 14.9 Å². The number of aromatic nitrogens is 2. The molecule has 2 aromatic rings. The summed E-state index contributed by atoms with van der Waals surface area (Å²) in [6, 6.07) is 0. The molecule has 3 N–H and O–H groups in total. The maximum absolute atomic E-state index is 12.1. The van der Waals surface area contributed by atoms with Gasteiger partial charge >= 0.3 is 0 Å². The van der Waals surface area contributed by atoms with E-state index in [1.165, 1.54) is 17.6 Å². The molecule has 102 valence electrons. The molecule has 0 aliphatic carbocycles. The van der Waals surface area contributed by atoms with Gasteiger partial charge < -0.3 is 20.4 Å². The van der Waals surface area contributed by atoms with Crippen LogP contribution in [0.3, 0.4) is 0 Å². The summed E-state index contributed by atoms with van der Waals surface area (Å²) in [6.07, 6.45) is 1.71. The Bertz CT molecular complexity index is 629. The van der Waals surface area contributed by atoms with E-state index in [4.69, 9.17) is 10.5 Å². The standard InChI is InChI=1S/C12H16N4O2S/c1-7-15-11-10(19-7)8(6-13)9(16(11)2)12(18)14-4-3-5-17/h6,13,17H,3-5H2,1-2H3,(H,14,18). The lowest BCUT2D eigenvalue weighted by Gasteiger charge is -2.06. The van der Waals surface area contributed by atoms with Gasteiger partial charge in [0.1, 0.15) is 5.69 Å². The number of carbonyl (C=O) groups excluding carboxylic acids is 1. The van der Waals surface area contributed by atoms with Crippen LogP contribution in [0, 0.1) is 12.3 Å². The summed E-state index contributed by atoms with van der Waals surface area (Å²) in [4.78, 5) is 16.5. The fourth-order valence-corrected chi connectivity index (χ4v) is 2.95. The Morgan fingerprint density at radius 1 is 1.63 bits per heavy atom. The lowest BCUT2D eigenvalue weighted by Crippen LogP contribution is -2.27. The van der Waals surface area contributed by atoms with Crippen molar-refractivity contribution in [2.45, 2.75) is 13.3 Å². The summed E-state index contributed by atoms with van der Waals surface area (Å²) in [6.45, 7) is 2.36. The summed E-state index contributed by atoms with van der Waals surface area (Å²) in [5.41, 5.74) is 1.78. The average molecular weight is 280 g/mol. The number of carbonyl (C=O) groups is 1. The van der Waals surface area contributed by atoms with E-state index in [0.29, 0.717) is 24.2 Å². The number of hydrogen-bond donors (Lipinski definition) is 3. The number of aliphatic hydroxyl groups excluding tert-OH is 1. The van der Waals surface area contributed by atoms with E-state index in [1.807, 2.05) is 6.92 Å². The minimum Gasteiger partial charge on any atom is -0.396 e. The molecular formula is C12H16N4O2S. The Morgan fingerprint density at radius 2 is 2.37 bits per heavy atom. The number of nitrogens with one attached hydrogen (secondary N) is 2. The van der Waals surface area contributed by atoms with Crippen LogP contribution in [0.15, 0.2) is 0 Å². The smallest absolute Gasteiger partial charge is 0.268 e. The van der Waals surface area contributed by atoms with Crippen LogP contribution in [0.4, 0.5) is 0 Å². The monoisotopic (exact) mass is 280 g/mol. The number of hydrogen-bond acceptors (Lipinski definition) is 5. The van der Waals surface area contributed by atoms with Crippen LogP contribution in [0.25, 0.3) is 10.3 Å². The second-order valence-electron chi connectivity index (χ2n) is 4.18. The molecule has 2 heterocycles. The second-order valence-corrected chi connectivity index (χ2v) is 5.39. The number of amides is 1. The molecule has 0 bridgehead atoms. The quantitative estimate of drug-likeness (QED) is 0.565. The van der Waals surface area contributed by atoms with Gasteiger partial charge in [-0.3, -0.25) is 4.79 Å². The van der Waals surface area contributed by atoms with E-state index in [2.05, 4.69) is 10.3 Å². The lowest BCUT2D eigenvalue weighted by molar-refractivity contribution is 0.0943. The molecule has 0 aromatic carbocycles. The summed E-state index contributed by atoms with van der Waals surface area (Å²) in [7, 11) is 1.77. The molecule has 6 nitrogen and oxygen atoms in total. The lowest BCUT2D eigenvalue weighted by atomic mass is 10.2. The van der Waals surface area contributed by atoms with Crippen molar-refractivity contribution in [2.24, 2.45) is 7.05 Å². The Hall–Kier alpha value is -1.73. The molecule has 0 fully saturated rings. The summed E-state index contributed by atoms with van der Waals surface area (Å²) >= 11 is 1.48. The maximum Gasteiger partial charge on any atom is 0.268 e. The zero-order chi connectivity index (χ0) is 14.0. The number of rotatable bonds is 5. The third-order valence-electron chi connectivity index (χ3n) is 2.85. The van der Waals surface area contributed by atoms with Gasteiger partial charge in [0, 0.05) is 32.0 Å². The highest BCUT2D eigenvalue weighted by atomic mass is 32.1. The molecule has 7 heteroatoms. The van der Waals surface area contributed by atoms with Crippen molar-refractivity contribution in [3.63, 3.8) is 0 Å². The van der Waals surface area contributed by atoms with Crippen LogP contribution >= 0.6 is 11.3 Å². The van der Waals surface area contributed by atoms with E-state index in [9.17, 15) is 4.79 Å². The largest absolute Gasteiger partial charge is 0.396 e. The van der Waals surface area contributed by atoms with Crippen molar-refractivity contribution in [2.75, 3.05) is 13.2 Å². The van der Waals surface area contributed by atoms with Gasteiger partial charge in [-0.1, -0.05) is 0 Å². The first-order chi connectivity index (χ1) is 9.10. The average Bonchev–Trinajstić information content (AvgIpc) is 2.86. The zero-order valence-corrected chi connectivity index (χ0v) is 11.7. The molecule has 2 aromatic heterocycles. The van der Waals surface area contributed by atoms with E-state index in [0.717, 1.165) is 15.4 Å². The number of aryl methyl sites for hydroxylation is 2. The number of nitrogens with zero attached hydrogens (tertiary/aromatic N) is 2. The van der Waals surface area contributed by atoms with Crippen LogP contribution in [-0.2, 0) is 7.05 Å². The van der Waals surface area contributed by atoms with E-state index in [-0.39, 0.29) is 12.5 Å². The predicted molar refractivity (Wildman–Crippen MR) is 75.2 cm³/mol.